The lowest BCUT2D eigenvalue weighted by molar-refractivity contribution is -0.122. The van der Waals surface area contributed by atoms with Crippen molar-refractivity contribution < 1.29 is 19.1 Å². The monoisotopic (exact) mass is 378 g/mol. The van der Waals surface area contributed by atoms with Crippen LogP contribution in [0.5, 0.6) is 0 Å². The van der Waals surface area contributed by atoms with E-state index < -0.39 is 18.5 Å². The van der Waals surface area contributed by atoms with Crippen LogP contribution < -0.4 is 10.2 Å². The third kappa shape index (κ3) is 3.20. The number of carbonyl (C=O) groups is 3. The van der Waals surface area contributed by atoms with Crippen molar-refractivity contribution in [1.29, 1.82) is 0 Å². The summed E-state index contributed by atoms with van der Waals surface area (Å²) in [5.41, 5.74) is 1.96. The van der Waals surface area contributed by atoms with Gasteiger partial charge in [-0.25, -0.2) is 4.79 Å². The van der Waals surface area contributed by atoms with Gasteiger partial charge in [-0.15, -0.1) is 0 Å². The number of nitrogens with one attached hydrogen (secondary N) is 2. The van der Waals surface area contributed by atoms with Crippen molar-refractivity contribution in [2.45, 2.75) is 19.4 Å². The summed E-state index contributed by atoms with van der Waals surface area (Å²) in [5, 5.41) is 10.2. The average Bonchev–Trinajstić information content (AvgIpc) is 3.06. The van der Waals surface area contributed by atoms with Crippen LogP contribution in [0.3, 0.4) is 0 Å². The molecule has 0 fully saturated rings. The van der Waals surface area contributed by atoms with Gasteiger partial charge >= 0.3 is 5.97 Å². The molecule has 0 saturated carbocycles. The Balaban J connectivity index is 1.53. The maximum absolute atomic E-state index is 12.8. The standard InChI is InChI=1S/C20H18N4O4/c1-12-10-17(25)21-15-8-4-5-9-16(15)24(12)18(26)11-28-20(27)19-13-6-2-3-7-14(13)22-23-19/h2-9,12H,10-11H2,1H3,(H,21,25)(H,22,23). The summed E-state index contributed by atoms with van der Waals surface area (Å²) in [5.74, 6) is -1.27. The van der Waals surface area contributed by atoms with Gasteiger partial charge in [-0.1, -0.05) is 30.3 Å². The SMILES string of the molecule is CC1CC(=O)Nc2ccccc2N1C(=O)COC(=O)c1n[nH]c2ccccc12. The Morgan fingerprint density at radius 3 is 2.79 bits per heavy atom. The minimum Gasteiger partial charge on any atom is -0.451 e. The number of rotatable bonds is 3. The minimum atomic E-state index is -0.684. The second-order valence-corrected chi connectivity index (χ2v) is 6.58. The molecular weight excluding hydrogens is 360 g/mol. The van der Waals surface area contributed by atoms with Crippen molar-refractivity contribution in [3.63, 3.8) is 0 Å². The average molecular weight is 378 g/mol. The summed E-state index contributed by atoms with van der Waals surface area (Å²) in [6.07, 6.45) is 0.151. The summed E-state index contributed by atoms with van der Waals surface area (Å²) in [6.45, 7) is 1.33. The zero-order chi connectivity index (χ0) is 19.7. The Labute approximate surface area is 160 Å². The number of aromatic nitrogens is 2. The number of aromatic amines is 1. The van der Waals surface area contributed by atoms with E-state index in [0.717, 1.165) is 0 Å². The van der Waals surface area contributed by atoms with E-state index in [-0.39, 0.29) is 24.1 Å². The van der Waals surface area contributed by atoms with Gasteiger partial charge in [-0.2, -0.15) is 5.10 Å². The Morgan fingerprint density at radius 1 is 1.18 bits per heavy atom. The molecule has 2 N–H and O–H groups in total. The van der Waals surface area contributed by atoms with Gasteiger partial charge in [-0.3, -0.25) is 14.7 Å². The van der Waals surface area contributed by atoms with Crippen LogP contribution in [0.25, 0.3) is 10.9 Å². The van der Waals surface area contributed by atoms with Crippen molar-refractivity contribution in [2.24, 2.45) is 0 Å². The first-order valence-electron chi connectivity index (χ1n) is 8.86. The molecule has 1 unspecified atom stereocenters. The first kappa shape index (κ1) is 17.7. The number of anilines is 2. The summed E-state index contributed by atoms with van der Waals surface area (Å²) in [7, 11) is 0. The number of amides is 2. The summed E-state index contributed by atoms with van der Waals surface area (Å²) >= 11 is 0. The van der Waals surface area contributed by atoms with Crippen LogP contribution in [0.1, 0.15) is 23.8 Å². The molecule has 0 aliphatic carbocycles. The van der Waals surface area contributed by atoms with Gasteiger partial charge in [0.15, 0.2) is 12.3 Å². The number of H-pyrrole nitrogens is 1. The molecule has 0 saturated heterocycles. The number of carbonyl (C=O) groups excluding carboxylic acids is 3. The van der Waals surface area contributed by atoms with Gasteiger partial charge in [0.25, 0.3) is 5.91 Å². The zero-order valence-corrected chi connectivity index (χ0v) is 15.1. The fourth-order valence-electron chi connectivity index (χ4n) is 3.35. The fraction of sp³-hybridized carbons (Fsp3) is 0.200. The van der Waals surface area contributed by atoms with Crippen LogP contribution in [0, 0.1) is 0 Å². The predicted octanol–water partition coefficient (Wildman–Crippen LogP) is 2.48. The number of para-hydroxylation sites is 3. The summed E-state index contributed by atoms with van der Waals surface area (Å²) in [4.78, 5) is 38.8. The van der Waals surface area contributed by atoms with Crippen molar-refractivity contribution in [3.05, 3.63) is 54.2 Å². The summed E-state index contributed by atoms with van der Waals surface area (Å²) in [6, 6.07) is 13.8. The maximum Gasteiger partial charge on any atom is 0.359 e. The van der Waals surface area contributed by atoms with Crippen LogP contribution in [-0.4, -0.2) is 40.6 Å². The minimum absolute atomic E-state index is 0.129. The number of esters is 1. The smallest absolute Gasteiger partial charge is 0.359 e. The van der Waals surface area contributed by atoms with Crippen LogP contribution >= 0.6 is 0 Å². The zero-order valence-electron chi connectivity index (χ0n) is 15.1. The fourth-order valence-corrected chi connectivity index (χ4v) is 3.35. The molecule has 1 atom stereocenters. The van der Waals surface area contributed by atoms with E-state index in [4.69, 9.17) is 4.74 Å². The Hall–Kier alpha value is -3.68. The second kappa shape index (κ2) is 7.15. The van der Waals surface area contributed by atoms with E-state index in [1.165, 1.54) is 4.90 Å². The van der Waals surface area contributed by atoms with Crippen molar-refractivity contribution in [2.75, 3.05) is 16.8 Å². The van der Waals surface area contributed by atoms with Gasteiger partial charge < -0.3 is 15.0 Å². The van der Waals surface area contributed by atoms with Gasteiger partial charge in [0, 0.05) is 17.8 Å². The Kier molecular flexibility index (Phi) is 4.52. The van der Waals surface area contributed by atoms with Crippen molar-refractivity contribution in [1.82, 2.24) is 10.2 Å². The van der Waals surface area contributed by atoms with Crippen molar-refractivity contribution >= 4 is 40.1 Å². The number of ether oxygens (including phenoxy) is 1. The molecule has 0 radical (unpaired) electrons. The van der Waals surface area contributed by atoms with E-state index in [9.17, 15) is 14.4 Å². The molecule has 3 aromatic rings. The van der Waals surface area contributed by atoms with Gasteiger partial charge in [0.05, 0.1) is 16.9 Å². The lowest BCUT2D eigenvalue weighted by Gasteiger charge is -2.27. The van der Waals surface area contributed by atoms with Crippen LogP contribution in [0.2, 0.25) is 0 Å². The van der Waals surface area contributed by atoms with Gasteiger partial charge in [-0.05, 0) is 25.1 Å². The lowest BCUT2D eigenvalue weighted by Crippen LogP contribution is -2.41. The van der Waals surface area contributed by atoms with E-state index in [2.05, 4.69) is 15.5 Å². The van der Waals surface area contributed by atoms with E-state index in [0.29, 0.717) is 22.3 Å². The quantitative estimate of drug-likeness (QED) is 0.682. The largest absolute Gasteiger partial charge is 0.451 e. The highest BCUT2D eigenvalue weighted by Gasteiger charge is 2.30. The normalized spacial score (nSPS) is 16.2. The predicted molar refractivity (Wildman–Crippen MR) is 103 cm³/mol. The number of benzene rings is 2. The van der Waals surface area contributed by atoms with Crippen molar-refractivity contribution in [3.8, 4) is 0 Å². The first-order valence-corrected chi connectivity index (χ1v) is 8.86. The molecule has 2 heterocycles. The molecule has 2 amide bonds. The highest BCUT2D eigenvalue weighted by atomic mass is 16.5. The highest BCUT2D eigenvalue weighted by Crippen LogP contribution is 2.31. The van der Waals surface area contributed by atoms with Crippen LogP contribution in [0.15, 0.2) is 48.5 Å². The number of fused-ring (bicyclic) bond motifs is 2. The molecule has 4 rings (SSSR count). The molecule has 0 bridgehead atoms. The molecule has 1 aliphatic heterocycles. The Bertz CT molecular complexity index is 1070. The topological polar surface area (TPSA) is 104 Å². The molecule has 142 valence electrons. The first-order chi connectivity index (χ1) is 13.5. The Morgan fingerprint density at radius 2 is 1.93 bits per heavy atom. The molecule has 0 spiro atoms. The molecule has 8 nitrogen and oxygen atoms in total. The summed E-state index contributed by atoms with van der Waals surface area (Å²) < 4.78 is 5.22. The molecule has 2 aromatic carbocycles. The van der Waals surface area contributed by atoms with E-state index in [1.807, 2.05) is 6.07 Å². The highest BCUT2D eigenvalue weighted by molar-refractivity contribution is 6.06. The molecule has 28 heavy (non-hydrogen) atoms. The third-order valence-electron chi connectivity index (χ3n) is 4.62. The second-order valence-electron chi connectivity index (χ2n) is 6.58. The molecule has 1 aromatic heterocycles. The molecular formula is C20H18N4O4. The third-order valence-corrected chi connectivity index (χ3v) is 4.62. The van der Waals surface area contributed by atoms with Crippen LogP contribution in [0.4, 0.5) is 11.4 Å². The molecule has 1 aliphatic rings. The van der Waals surface area contributed by atoms with Crippen LogP contribution in [-0.2, 0) is 14.3 Å². The van der Waals surface area contributed by atoms with Gasteiger partial charge in [0.2, 0.25) is 5.91 Å². The van der Waals surface area contributed by atoms with E-state index in [1.54, 1.807) is 49.4 Å². The van der Waals surface area contributed by atoms with E-state index >= 15 is 0 Å². The number of hydrogen-bond donors (Lipinski definition) is 2. The number of nitrogens with zero attached hydrogens (tertiary/aromatic N) is 2. The lowest BCUT2D eigenvalue weighted by atomic mass is 10.1. The van der Waals surface area contributed by atoms with Gasteiger partial charge in [0.1, 0.15) is 0 Å². The molecule has 8 heteroatoms. The maximum atomic E-state index is 12.8. The number of hydrogen-bond acceptors (Lipinski definition) is 5.